The first kappa shape index (κ1) is 21.3. The van der Waals surface area contributed by atoms with Gasteiger partial charge in [0.15, 0.2) is 6.61 Å². The SMILES string of the molecule is COc1ccc(-c2noc(COC(=O)C34CCC(=O)N3c3ccccc3C(=O)N4C3CC3)n2)cc1. The van der Waals surface area contributed by atoms with Gasteiger partial charge in [-0.3, -0.25) is 14.5 Å². The van der Waals surface area contributed by atoms with Crippen molar-refractivity contribution >= 4 is 23.5 Å². The van der Waals surface area contributed by atoms with Crippen LogP contribution >= 0.6 is 0 Å². The molecular formula is C25H22N4O6. The van der Waals surface area contributed by atoms with E-state index in [0.717, 1.165) is 12.8 Å². The quantitative estimate of drug-likeness (QED) is 0.501. The fraction of sp³-hybridized carbons (Fsp3) is 0.320. The van der Waals surface area contributed by atoms with E-state index in [4.69, 9.17) is 14.0 Å². The normalized spacial score (nSPS) is 21.1. The number of carbonyl (C=O) groups excluding carboxylic acids is 3. The van der Waals surface area contributed by atoms with Crippen LogP contribution in [0.25, 0.3) is 11.4 Å². The van der Waals surface area contributed by atoms with Crippen LogP contribution in [-0.4, -0.2) is 51.6 Å². The summed E-state index contributed by atoms with van der Waals surface area (Å²) in [7, 11) is 1.58. The van der Waals surface area contributed by atoms with Gasteiger partial charge in [-0.15, -0.1) is 0 Å². The summed E-state index contributed by atoms with van der Waals surface area (Å²) in [6.45, 7) is -0.278. The molecule has 3 aliphatic rings. The number of para-hydroxylation sites is 1. The van der Waals surface area contributed by atoms with Gasteiger partial charge in [0.05, 0.1) is 18.4 Å². The summed E-state index contributed by atoms with van der Waals surface area (Å²) in [6, 6.07) is 13.9. The van der Waals surface area contributed by atoms with Crippen molar-refractivity contribution in [2.45, 2.75) is 44.0 Å². The fourth-order valence-electron chi connectivity index (χ4n) is 4.93. The lowest BCUT2D eigenvalue weighted by atomic mass is 9.96. The van der Waals surface area contributed by atoms with Gasteiger partial charge < -0.3 is 18.9 Å². The monoisotopic (exact) mass is 474 g/mol. The van der Waals surface area contributed by atoms with E-state index in [1.807, 2.05) is 0 Å². The number of rotatable bonds is 6. The molecule has 0 N–H and O–H groups in total. The minimum absolute atomic E-state index is 0.108. The van der Waals surface area contributed by atoms with Gasteiger partial charge in [-0.2, -0.15) is 4.98 Å². The van der Waals surface area contributed by atoms with Gasteiger partial charge in [0.2, 0.25) is 17.4 Å². The van der Waals surface area contributed by atoms with Gasteiger partial charge in [-0.25, -0.2) is 4.79 Å². The molecule has 3 aromatic rings. The van der Waals surface area contributed by atoms with Crippen LogP contribution in [0.15, 0.2) is 53.1 Å². The molecular weight excluding hydrogens is 452 g/mol. The van der Waals surface area contributed by atoms with Crippen molar-refractivity contribution in [1.82, 2.24) is 15.0 Å². The Bertz CT molecular complexity index is 1330. The predicted molar refractivity (Wildman–Crippen MR) is 121 cm³/mol. The second-order valence-electron chi connectivity index (χ2n) is 8.79. The van der Waals surface area contributed by atoms with Gasteiger partial charge in [0, 0.05) is 24.4 Å². The Morgan fingerprint density at radius 2 is 1.91 bits per heavy atom. The summed E-state index contributed by atoms with van der Waals surface area (Å²) in [6.07, 6.45) is 1.87. The zero-order valence-corrected chi connectivity index (χ0v) is 19.0. The van der Waals surface area contributed by atoms with E-state index in [-0.39, 0.29) is 43.2 Å². The summed E-state index contributed by atoms with van der Waals surface area (Å²) >= 11 is 0. The van der Waals surface area contributed by atoms with Gasteiger partial charge in [0.25, 0.3) is 11.8 Å². The topological polar surface area (TPSA) is 115 Å². The van der Waals surface area contributed by atoms with E-state index in [1.54, 1.807) is 60.5 Å². The molecule has 1 atom stereocenters. The summed E-state index contributed by atoms with van der Waals surface area (Å²) in [5.74, 6) is -0.00183. The summed E-state index contributed by atoms with van der Waals surface area (Å²) in [5.41, 5.74) is 0.0583. The van der Waals surface area contributed by atoms with Crippen molar-refractivity contribution in [3.05, 3.63) is 60.0 Å². The highest BCUT2D eigenvalue weighted by molar-refractivity contribution is 6.15. The fourth-order valence-corrected chi connectivity index (χ4v) is 4.93. The van der Waals surface area contributed by atoms with E-state index >= 15 is 0 Å². The molecule has 10 heteroatoms. The second-order valence-corrected chi connectivity index (χ2v) is 8.79. The molecule has 2 fully saturated rings. The molecule has 2 aromatic carbocycles. The molecule has 0 radical (unpaired) electrons. The third kappa shape index (κ3) is 3.28. The standard InChI is InChI=1S/C25H22N4O6/c1-33-17-10-6-15(7-11-17)22-26-20(35-27-22)14-34-24(32)25-13-12-21(30)29(25)19-5-3-2-4-18(19)23(31)28(25)16-8-9-16/h2-7,10-11,16H,8-9,12-14H2,1H3. The highest BCUT2D eigenvalue weighted by atomic mass is 16.6. The van der Waals surface area contributed by atoms with Crippen molar-refractivity contribution in [2.24, 2.45) is 0 Å². The van der Waals surface area contributed by atoms with E-state index in [2.05, 4.69) is 10.1 Å². The van der Waals surface area contributed by atoms with Gasteiger partial charge in [-0.05, 0) is 49.2 Å². The first-order valence-corrected chi connectivity index (χ1v) is 11.4. The zero-order valence-electron chi connectivity index (χ0n) is 19.0. The Balaban J connectivity index is 1.28. The minimum Gasteiger partial charge on any atom is -0.497 e. The number of hydrogen-bond donors (Lipinski definition) is 0. The molecule has 1 saturated carbocycles. The van der Waals surface area contributed by atoms with Crippen LogP contribution in [0.1, 0.15) is 41.9 Å². The highest BCUT2D eigenvalue weighted by Gasteiger charge is 2.64. The number of carbonyl (C=O) groups is 3. The van der Waals surface area contributed by atoms with Crippen molar-refractivity contribution in [3.8, 4) is 17.1 Å². The number of aromatic nitrogens is 2. The van der Waals surface area contributed by atoms with Crippen molar-refractivity contribution < 1.29 is 28.4 Å². The Morgan fingerprint density at radius 1 is 1.14 bits per heavy atom. The number of hydrogen-bond acceptors (Lipinski definition) is 8. The number of esters is 1. The van der Waals surface area contributed by atoms with Crippen molar-refractivity contribution in [1.29, 1.82) is 0 Å². The van der Waals surface area contributed by atoms with E-state index in [1.165, 1.54) is 4.90 Å². The van der Waals surface area contributed by atoms with Gasteiger partial charge in [-0.1, -0.05) is 17.3 Å². The largest absolute Gasteiger partial charge is 0.497 e. The Labute approximate surface area is 200 Å². The molecule has 3 heterocycles. The third-order valence-electron chi connectivity index (χ3n) is 6.68. The lowest BCUT2D eigenvalue weighted by Gasteiger charge is -2.48. The zero-order chi connectivity index (χ0) is 24.2. The second kappa shape index (κ2) is 7.93. The number of methoxy groups -OCH3 is 1. The number of ether oxygens (including phenoxy) is 2. The summed E-state index contributed by atoms with van der Waals surface area (Å²) < 4.78 is 16.1. The van der Waals surface area contributed by atoms with Gasteiger partial charge in [0.1, 0.15) is 5.75 Å². The molecule has 0 bridgehead atoms. The number of nitrogens with zero attached hydrogens (tertiary/aromatic N) is 4. The molecule has 1 saturated heterocycles. The smallest absolute Gasteiger partial charge is 0.354 e. The molecule has 0 spiro atoms. The molecule has 1 aromatic heterocycles. The predicted octanol–water partition coefficient (Wildman–Crippen LogP) is 2.93. The van der Waals surface area contributed by atoms with Crippen LogP contribution in [0, 0.1) is 0 Å². The number of benzene rings is 2. The average molecular weight is 474 g/mol. The lowest BCUT2D eigenvalue weighted by Crippen LogP contribution is -2.69. The van der Waals surface area contributed by atoms with E-state index < -0.39 is 11.6 Å². The van der Waals surface area contributed by atoms with Crippen molar-refractivity contribution in [2.75, 3.05) is 12.0 Å². The van der Waals surface area contributed by atoms with Crippen LogP contribution in [0.2, 0.25) is 0 Å². The Hall–Kier alpha value is -4.21. The summed E-state index contributed by atoms with van der Waals surface area (Å²) in [5, 5.41) is 3.96. The van der Waals surface area contributed by atoms with Crippen LogP contribution in [0.4, 0.5) is 5.69 Å². The molecule has 2 amide bonds. The van der Waals surface area contributed by atoms with Crippen LogP contribution in [0.5, 0.6) is 5.75 Å². The van der Waals surface area contributed by atoms with Crippen LogP contribution in [0.3, 0.4) is 0 Å². The lowest BCUT2D eigenvalue weighted by molar-refractivity contribution is -0.159. The van der Waals surface area contributed by atoms with Crippen LogP contribution < -0.4 is 9.64 Å². The first-order chi connectivity index (χ1) is 17.0. The first-order valence-electron chi connectivity index (χ1n) is 11.4. The Kier molecular flexibility index (Phi) is 4.84. The van der Waals surface area contributed by atoms with Crippen LogP contribution in [-0.2, 0) is 20.9 Å². The molecule has 10 nitrogen and oxygen atoms in total. The maximum Gasteiger partial charge on any atom is 0.354 e. The molecule has 2 aliphatic heterocycles. The summed E-state index contributed by atoms with van der Waals surface area (Å²) in [4.78, 5) is 47.4. The maximum atomic E-state index is 13.7. The molecule has 178 valence electrons. The number of amides is 2. The number of fused-ring (bicyclic) bond motifs is 3. The highest BCUT2D eigenvalue weighted by Crippen LogP contribution is 2.49. The van der Waals surface area contributed by atoms with Gasteiger partial charge >= 0.3 is 5.97 Å². The van der Waals surface area contributed by atoms with E-state index in [0.29, 0.717) is 28.4 Å². The van der Waals surface area contributed by atoms with Crippen molar-refractivity contribution in [3.63, 3.8) is 0 Å². The van der Waals surface area contributed by atoms with E-state index in [9.17, 15) is 14.4 Å². The minimum atomic E-state index is -1.51. The average Bonchev–Trinajstić information content (AvgIpc) is 3.49. The number of anilines is 1. The maximum absolute atomic E-state index is 13.7. The Morgan fingerprint density at radius 3 is 2.66 bits per heavy atom. The third-order valence-corrected chi connectivity index (χ3v) is 6.68. The molecule has 6 rings (SSSR count). The molecule has 1 aliphatic carbocycles. The molecule has 35 heavy (non-hydrogen) atoms. The molecule has 1 unspecified atom stereocenters.